The molecule has 1 N–H and O–H groups in total. The van der Waals surface area contributed by atoms with Crippen LogP contribution in [0, 0.1) is 0 Å². The molecule has 0 spiro atoms. The molecule has 98 valence electrons. The van der Waals surface area contributed by atoms with Gasteiger partial charge in [0.05, 0.1) is 0 Å². The molecule has 0 amide bonds. The molecular weight excluding hydrogens is 222 g/mol. The monoisotopic (exact) mass is 245 g/mol. The summed E-state index contributed by atoms with van der Waals surface area (Å²) in [5.74, 6) is 0.123. The van der Waals surface area contributed by atoms with Gasteiger partial charge in [0.1, 0.15) is 6.29 Å². The fourth-order valence-electron chi connectivity index (χ4n) is 2.52. The second kappa shape index (κ2) is 5.23. The summed E-state index contributed by atoms with van der Waals surface area (Å²) in [5, 5.41) is 3.50. The van der Waals surface area contributed by atoms with Gasteiger partial charge in [-0.2, -0.15) is 0 Å². The molecule has 2 heteroatoms. The van der Waals surface area contributed by atoms with Crippen LogP contribution in [0.2, 0.25) is 0 Å². The van der Waals surface area contributed by atoms with Crippen LogP contribution in [0.4, 0.5) is 0 Å². The van der Waals surface area contributed by atoms with E-state index in [0.717, 1.165) is 32.1 Å². The molecule has 0 heterocycles. The van der Waals surface area contributed by atoms with Crippen LogP contribution in [-0.2, 0) is 17.8 Å². The van der Waals surface area contributed by atoms with Crippen molar-refractivity contribution in [1.82, 2.24) is 5.32 Å². The Balaban J connectivity index is 2.14. The van der Waals surface area contributed by atoms with Crippen LogP contribution in [0.1, 0.15) is 56.2 Å². The van der Waals surface area contributed by atoms with E-state index in [-0.39, 0.29) is 11.5 Å². The Morgan fingerprint density at radius 2 is 2.17 bits per heavy atom. The van der Waals surface area contributed by atoms with Crippen molar-refractivity contribution in [3.63, 3.8) is 0 Å². The fraction of sp³-hybridized carbons (Fsp3) is 0.562. The van der Waals surface area contributed by atoms with Gasteiger partial charge in [-0.15, -0.1) is 0 Å². The van der Waals surface area contributed by atoms with Gasteiger partial charge in [-0.3, -0.25) is 0 Å². The maximum atomic E-state index is 11.1. The van der Waals surface area contributed by atoms with Gasteiger partial charge in [-0.25, -0.2) is 0 Å². The molecule has 1 atom stereocenters. The van der Waals surface area contributed by atoms with Gasteiger partial charge in [0, 0.05) is 18.0 Å². The molecule has 0 bridgehead atoms. The molecule has 0 saturated heterocycles. The Morgan fingerprint density at radius 3 is 2.83 bits per heavy atom. The van der Waals surface area contributed by atoms with Gasteiger partial charge in [0.2, 0.25) is 0 Å². The number of carbonyl (C=O) groups is 1. The average molecular weight is 245 g/mol. The molecule has 0 aromatic heterocycles. The molecule has 0 fully saturated rings. The highest BCUT2D eigenvalue weighted by molar-refractivity contribution is 5.64. The third-order valence-electron chi connectivity index (χ3n) is 3.56. The Bertz CT molecular complexity index is 431. The van der Waals surface area contributed by atoms with Crippen molar-refractivity contribution >= 4 is 6.29 Å². The van der Waals surface area contributed by atoms with Crippen molar-refractivity contribution in [2.45, 2.75) is 58.0 Å². The van der Waals surface area contributed by atoms with Crippen molar-refractivity contribution in [2.24, 2.45) is 0 Å². The molecule has 1 aliphatic carbocycles. The van der Waals surface area contributed by atoms with Gasteiger partial charge in [0.15, 0.2) is 0 Å². The largest absolute Gasteiger partial charge is 0.308 e. The Morgan fingerprint density at radius 1 is 1.39 bits per heavy atom. The van der Waals surface area contributed by atoms with Gasteiger partial charge in [-0.05, 0) is 56.7 Å². The molecule has 2 rings (SSSR count). The summed E-state index contributed by atoms with van der Waals surface area (Å²) in [4.78, 5) is 11.1. The van der Waals surface area contributed by atoms with Crippen LogP contribution in [-0.4, -0.2) is 11.8 Å². The molecule has 0 aliphatic heterocycles. The summed E-state index contributed by atoms with van der Waals surface area (Å²) in [6.07, 6.45) is 4.36. The number of hydrogen-bond acceptors (Lipinski definition) is 2. The Hall–Kier alpha value is -1.15. The first-order chi connectivity index (χ1) is 8.49. The summed E-state index contributed by atoms with van der Waals surface area (Å²) in [7, 11) is 0. The highest BCUT2D eigenvalue weighted by Gasteiger charge is 2.19. The standard InChI is InChI=1S/C16H23NO/c1-16(2,3)17-10-12-7-8-15-13(9-12)5-4-6-14(15)11-18/h7-9,11,14,17H,4-6,10H2,1-3H3. The van der Waals surface area contributed by atoms with Gasteiger partial charge >= 0.3 is 0 Å². The average Bonchev–Trinajstić information content (AvgIpc) is 2.34. The topological polar surface area (TPSA) is 29.1 Å². The number of benzene rings is 1. The van der Waals surface area contributed by atoms with Crippen LogP contribution in [0.25, 0.3) is 0 Å². The summed E-state index contributed by atoms with van der Waals surface area (Å²) in [5.41, 5.74) is 4.07. The van der Waals surface area contributed by atoms with E-state index in [9.17, 15) is 4.79 Å². The number of hydrogen-bond donors (Lipinski definition) is 1. The van der Waals surface area contributed by atoms with E-state index in [1.54, 1.807) is 0 Å². The number of aryl methyl sites for hydroxylation is 1. The lowest BCUT2D eigenvalue weighted by Gasteiger charge is -2.24. The maximum Gasteiger partial charge on any atom is 0.127 e. The first-order valence-electron chi connectivity index (χ1n) is 6.81. The van der Waals surface area contributed by atoms with Crippen molar-refractivity contribution in [1.29, 1.82) is 0 Å². The van der Waals surface area contributed by atoms with E-state index >= 15 is 0 Å². The predicted octanol–water partition coefficient (Wildman–Crippen LogP) is 3.19. The SMILES string of the molecule is CC(C)(C)NCc1ccc2c(c1)CCCC2C=O. The van der Waals surface area contributed by atoms with E-state index in [1.807, 2.05) is 0 Å². The first-order valence-corrected chi connectivity index (χ1v) is 6.81. The van der Waals surface area contributed by atoms with Crippen molar-refractivity contribution in [3.05, 3.63) is 34.9 Å². The maximum absolute atomic E-state index is 11.1. The first kappa shape index (κ1) is 13.3. The van der Waals surface area contributed by atoms with E-state index < -0.39 is 0 Å². The van der Waals surface area contributed by atoms with Crippen molar-refractivity contribution in [2.75, 3.05) is 0 Å². The lowest BCUT2D eigenvalue weighted by molar-refractivity contribution is -0.109. The second-order valence-corrected chi connectivity index (χ2v) is 6.27. The van der Waals surface area contributed by atoms with Crippen LogP contribution in [0.15, 0.2) is 18.2 Å². The van der Waals surface area contributed by atoms with Crippen LogP contribution in [0.3, 0.4) is 0 Å². The van der Waals surface area contributed by atoms with E-state index in [2.05, 4.69) is 44.3 Å². The fourth-order valence-corrected chi connectivity index (χ4v) is 2.52. The van der Waals surface area contributed by atoms with Crippen LogP contribution in [0.5, 0.6) is 0 Å². The molecule has 1 aromatic rings. The minimum Gasteiger partial charge on any atom is -0.308 e. The van der Waals surface area contributed by atoms with E-state index in [0.29, 0.717) is 0 Å². The summed E-state index contributed by atoms with van der Waals surface area (Å²) < 4.78 is 0. The lowest BCUT2D eigenvalue weighted by Crippen LogP contribution is -2.35. The molecule has 18 heavy (non-hydrogen) atoms. The summed E-state index contributed by atoms with van der Waals surface area (Å²) in [6, 6.07) is 6.57. The molecule has 1 aliphatic rings. The van der Waals surface area contributed by atoms with E-state index in [4.69, 9.17) is 0 Å². The van der Waals surface area contributed by atoms with Gasteiger partial charge < -0.3 is 10.1 Å². The predicted molar refractivity (Wildman–Crippen MR) is 74.8 cm³/mol. The number of rotatable bonds is 3. The zero-order chi connectivity index (χ0) is 13.2. The molecular formula is C16H23NO. The molecule has 1 aromatic carbocycles. The second-order valence-electron chi connectivity index (χ2n) is 6.27. The number of fused-ring (bicyclic) bond motifs is 1. The Labute approximate surface area is 110 Å². The third-order valence-corrected chi connectivity index (χ3v) is 3.56. The molecule has 0 saturated carbocycles. The minimum absolute atomic E-state index is 0.123. The molecule has 0 radical (unpaired) electrons. The molecule has 1 unspecified atom stereocenters. The summed E-state index contributed by atoms with van der Waals surface area (Å²) in [6.45, 7) is 7.41. The van der Waals surface area contributed by atoms with Gasteiger partial charge in [0.25, 0.3) is 0 Å². The van der Waals surface area contributed by atoms with E-state index in [1.165, 1.54) is 16.7 Å². The summed E-state index contributed by atoms with van der Waals surface area (Å²) >= 11 is 0. The number of carbonyl (C=O) groups excluding carboxylic acids is 1. The zero-order valence-electron chi connectivity index (χ0n) is 11.6. The van der Waals surface area contributed by atoms with Crippen LogP contribution >= 0.6 is 0 Å². The normalized spacial score (nSPS) is 19.4. The quantitative estimate of drug-likeness (QED) is 0.829. The lowest BCUT2D eigenvalue weighted by atomic mass is 9.83. The highest BCUT2D eigenvalue weighted by atomic mass is 16.1. The third kappa shape index (κ3) is 3.20. The Kier molecular flexibility index (Phi) is 3.86. The van der Waals surface area contributed by atoms with Gasteiger partial charge in [-0.1, -0.05) is 18.2 Å². The highest BCUT2D eigenvalue weighted by Crippen LogP contribution is 2.30. The van der Waals surface area contributed by atoms with Crippen molar-refractivity contribution < 1.29 is 4.79 Å². The number of nitrogens with one attached hydrogen (secondary N) is 1. The van der Waals surface area contributed by atoms with Crippen LogP contribution < -0.4 is 5.32 Å². The smallest absolute Gasteiger partial charge is 0.127 e. The number of aldehydes is 1. The minimum atomic E-state index is 0.123. The zero-order valence-corrected chi connectivity index (χ0v) is 11.6. The molecule has 2 nitrogen and oxygen atoms in total. The van der Waals surface area contributed by atoms with Crippen molar-refractivity contribution in [3.8, 4) is 0 Å².